The Bertz CT molecular complexity index is 1400. The Labute approximate surface area is 197 Å². The van der Waals surface area contributed by atoms with Gasteiger partial charge in [-0.2, -0.15) is 0 Å². The summed E-state index contributed by atoms with van der Waals surface area (Å²) in [6.07, 6.45) is 0.785. The quantitative estimate of drug-likeness (QED) is 0.574. The van der Waals surface area contributed by atoms with Gasteiger partial charge in [-0.15, -0.1) is 11.8 Å². The zero-order valence-electron chi connectivity index (χ0n) is 17.8. The first-order valence-electron chi connectivity index (χ1n) is 10.8. The number of amides is 1. The number of benzene rings is 2. The maximum absolute atomic E-state index is 15.0. The number of morpholine rings is 1. The van der Waals surface area contributed by atoms with Crippen molar-refractivity contribution in [3.8, 4) is 5.75 Å². The molecule has 174 valence electrons. The maximum Gasteiger partial charge on any atom is 0.278 e. The second-order valence-corrected chi connectivity index (χ2v) is 9.36. The molecule has 4 heterocycles. The third-order valence-corrected chi connectivity index (χ3v) is 7.63. The number of pyridine rings is 1. The number of rotatable bonds is 1. The fourth-order valence-electron chi connectivity index (χ4n) is 4.99. The summed E-state index contributed by atoms with van der Waals surface area (Å²) in [6, 6.07) is 10.2. The molecule has 1 saturated heterocycles. The largest absolute Gasteiger partial charge is 0.502 e. The molecular weight excluding hydrogens is 464 g/mol. The van der Waals surface area contributed by atoms with E-state index >= 15 is 4.39 Å². The number of aromatic nitrogens is 1. The van der Waals surface area contributed by atoms with Crippen LogP contribution in [-0.2, 0) is 10.5 Å². The van der Waals surface area contributed by atoms with E-state index in [9.17, 15) is 19.1 Å². The maximum atomic E-state index is 15.0. The van der Waals surface area contributed by atoms with Crippen molar-refractivity contribution in [1.29, 1.82) is 0 Å². The number of aromatic hydroxyl groups is 1. The van der Waals surface area contributed by atoms with E-state index in [4.69, 9.17) is 4.74 Å². The number of hydrogen-bond donors (Lipinski definition) is 1. The van der Waals surface area contributed by atoms with Gasteiger partial charge in [0.2, 0.25) is 5.43 Å². The number of fused-ring (bicyclic) bond motifs is 4. The lowest BCUT2D eigenvalue weighted by Gasteiger charge is -2.51. The van der Waals surface area contributed by atoms with Crippen molar-refractivity contribution in [3.05, 3.63) is 92.9 Å². The summed E-state index contributed by atoms with van der Waals surface area (Å²) < 4.78 is 36.7. The Morgan fingerprint density at radius 2 is 1.91 bits per heavy atom. The normalized spacial score (nSPS) is 21.3. The first-order valence-corrected chi connectivity index (χ1v) is 11.8. The average Bonchev–Trinajstić information content (AvgIpc) is 2.99. The fourth-order valence-corrected chi connectivity index (χ4v) is 6.12. The smallest absolute Gasteiger partial charge is 0.278 e. The van der Waals surface area contributed by atoms with Crippen LogP contribution >= 0.6 is 11.8 Å². The van der Waals surface area contributed by atoms with E-state index < -0.39 is 40.9 Å². The highest BCUT2D eigenvalue weighted by molar-refractivity contribution is 7.98. The van der Waals surface area contributed by atoms with Gasteiger partial charge in [-0.05, 0) is 23.3 Å². The van der Waals surface area contributed by atoms with E-state index in [0.29, 0.717) is 23.5 Å². The van der Waals surface area contributed by atoms with Crippen LogP contribution in [0.5, 0.6) is 5.75 Å². The summed E-state index contributed by atoms with van der Waals surface area (Å²) in [5, 5.41) is 12.4. The highest BCUT2D eigenvalue weighted by Crippen LogP contribution is 2.45. The molecule has 0 radical (unpaired) electrons. The number of hydrogen-bond acceptors (Lipinski definition) is 6. The van der Waals surface area contributed by atoms with Crippen LogP contribution in [0, 0.1) is 11.6 Å². The van der Waals surface area contributed by atoms with Crippen molar-refractivity contribution in [2.45, 2.75) is 22.9 Å². The molecule has 10 heteroatoms. The van der Waals surface area contributed by atoms with Gasteiger partial charge >= 0.3 is 0 Å². The number of halogens is 2. The van der Waals surface area contributed by atoms with Crippen LogP contribution in [0.1, 0.15) is 33.2 Å². The molecule has 3 aliphatic rings. The summed E-state index contributed by atoms with van der Waals surface area (Å²) in [4.78, 5) is 28.0. The fraction of sp³-hybridized carbons (Fsp3) is 0.250. The Hall–Kier alpha value is -3.37. The van der Waals surface area contributed by atoms with Crippen molar-refractivity contribution in [2.24, 2.45) is 0 Å². The SMILES string of the molecule is O=C1c2c(O)c(=O)ccn2N([C@@H]2c3ccccc3SCc3c(F)cc(F)cc32)C2COCCN12. The van der Waals surface area contributed by atoms with Crippen molar-refractivity contribution >= 4 is 17.7 Å². The molecule has 1 amide bonds. The Kier molecular flexibility index (Phi) is 4.89. The van der Waals surface area contributed by atoms with Gasteiger partial charge in [-0.1, -0.05) is 18.2 Å². The predicted octanol–water partition coefficient (Wildman–Crippen LogP) is 2.98. The number of thioether (sulfide) groups is 1. The zero-order chi connectivity index (χ0) is 23.6. The summed E-state index contributed by atoms with van der Waals surface area (Å²) in [5.74, 6) is -2.22. The van der Waals surface area contributed by atoms with Gasteiger partial charge in [0, 0.05) is 41.1 Å². The van der Waals surface area contributed by atoms with Gasteiger partial charge in [0.15, 0.2) is 11.4 Å². The molecule has 2 atom stereocenters. The number of nitrogens with zero attached hydrogens (tertiary/aromatic N) is 3. The molecule has 0 bridgehead atoms. The molecule has 6 rings (SSSR count). The van der Waals surface area contributed by atoms with Crippen molar-refractivity contribution in [3.63, 3.8) is 0 Å². The summed E-state index contributed by atoms with van der Waals surface area (Å²) in [5.41, 5.74) is 0.706. The molecule has 2 aromatic carbocycles. The third kappa shape index (κ3) is 3.05. The van der Waals surface area contributed by atoms with E-state index in [1.54, 1.807) is 5.01 Å². The number of carbonyl (C=O) groups excluding carboxylic acids is 1. The topological polar surface area (TPSA) is 75.0 Å². The molecule has 34 heavy (non-hydrogen) atoms. The van der Waals surface area contributed by atoms with Gasteiger partial charge in [-0.25, -0.2) is 8.78 Å². The average molecular weight is 483 g/mol. The second kappa shape index (κ2) is 7.85. The van der Waals surface area contributed by atoms with E-state index in [2.05, 4.69) is 0 Å². The third-order valence-electron chi connectivity index (χ3n) is 6.51. The lowest BCUT2D eigenvalue weighted by Crippen LogP contribution is -2.66. The molecule has 1 fully saturated rings. The van der Waals surface area contributed by atoms with Crippen molar-refractivity contribution in [2.75, 3.05) is 24.8 Å². The minimum absolute atomic E-state index is 0.150. The summed E-state index contributed by atoms with van der Waals surface area (Å²) in [7, 11) is 0. The molecule has 0 aliphatic carbocycles. The molecule has 0 spiro atoms. The van der Waals surface area contributed by atoms with Crippen LogP contribution in [-0.4, -0.2) is 46.5 Å². The molecule has 3 aromatic rings. The molecule has 1 unspecified atom stereocenters. The first-order chi connectivity index (χ1) is 16.5. The van der Waals surface area contributed by atoms with Crippen LogP contribution in [0.2, 0.25) is 0 Å². The van der Waals surface area contributed by atoms with Gasteiger partial charge in [0.25, 0.3) is 5.91 Å². The van der Waals surface area contributed by atoms with Gasteiger partial charge in [0.05, 0.1) is 19.3 Å². The number of carbonyl (C=O) groups is 1. The molecule has 3 aliphatic heterocycles. The molecule has 1 N–H and O–H groups in total. The van der Waals surface area contributed by atoms with Gasteiger partial charge < -0.3 is 14.7 Å². The summed E-state index contributed by atoms with van der Waals surface area (Å²) >= 11 is 1.45. The van der Waals surface area contributed by atoms with Crippen molar-refractivity contribution in [1.82, 2.24) is 9.58 Å². The molecule has 1 aromatic heterocycles. The van der Waals surface area contributed by atoms with Gasteiger partial charge in [0.1, 0.15) is 17.8 Å². The van der Waals surface area contributed by atoms with Crippen LogP contribution < -0.4 is 10.4 Å². The Morgan fingerprint density at radius 3 is 2.76 bits per heavy atom. The molecular formula is C24H19F2N3O4S. The Morgan fingerprint density at radius 1 is 1.09 bits per heavy atom. The zero-order valence-corrected chi connectivity index (χ0v) is 18.6. The predicted molar refractivity (Wildman–Crippen MR) is 120 cm³/mol. The highest BCUT2D eigenvalue weighted by Gasteiger charge is 2.46. The van der Waals surface area contributed by atoms with E-state index in [1.807, 2.05) is 24.3 Å². The minimum Gasteiger partial charge on any atom is -0.502 e. The van der Waals surface area contributed by atoms with Crippen LogP contribution in [0.15, 0.2) is 58.4 Å². The van der Waals surface area contributed by atoms with Crippen LogP contribution in [0.3, 0.4) is 0 Å². The number of ether oxygens (including phenoxy) is 1. The van der Waals surface area contributed by atoms with Crippen LogP contribution in [0.4, 0.5) is 8.78 Å². The second-order valence-electron chi connectivity index (χ2n) is 8.34. The minimum atomic E-state index is -0.727. The molecule has 0 saturated carbocycles. The standard InChI is InChI=1S/C24H19F2N3O4S/c25-13-9-15-16(17(26)10-13)12-34-19-4-2-1-3-14(19)21(15)29-20-11-33-8-7-27(20)24(32)22-23(31)18(30)5-6-28(22)29/h1-6,9-10,20-21,31H,7-8,11-12H2/t20?,21-/m1/s1. The lowest BCUT2D eigenvalue weighted by molar-refractivity contribution is -0.0197. The van der Waals surface area contributed by atoms with E-state index in [-0.39, 0.29) is 18.8 Å². The summed E-state index contributed by atoms with van der Waals surface area (Å²) in [6.45, 7) is 0.692. The van der Waals surface area contributed by atoms with Crippen molar-refractivity contribution < 1.29 is 23.4 Å². The first kappa shape index (κ1) is 21.2. The lowest BCUT2D eigenvalue weighted by atomic mass is 9.93. The highest BCUT2D eigenvalue weighted by atomic mass is 32.2. The molecule has 7 nitrogen and oxygen atoms in total. The van der Waals surface area contributed by atoms with Gasteiger partial charge in [-0.3, -0.25) is 19.3 Å². The monoisotopic (exact) mass is 483 g/mol. The Balaban J connectivity index is 1.68. The van der Waals surface area contributed by atoms with E-state index in [0.717, 1.165) is 16.5 Å². The van der Waals surface area contributed by atoms with Crippen LogP contribution in [0.25, 0.3) is 0 Å². The van der Waals surface area contributed by atoms with E-state index in [1.165, 1.54) is 39.7 Å².